The van der Waals surface area contributed by atoms with Gasteiger partial charge in [0.05, 0.1) is 5.69 Å². The van der Waals surface area contributed by atoms with Crippen molar-refractivity contribution in [1.82, 2.24) is 15.0 Å². The van der Waals surface area contributed by atoms with Crippen LogP contribution in [-0.2, 0) is 13.1 Å². The standard InChI is InChI=1S/C22H31N3O/c1-17-5-7-20(8-6-17)13-25-12-10-22(16-25)9-4-11-24(15-22)14-21-18(2)23-26-19(21)3/h5-8H,4,9-16H2,1-3H3/t22-/m0/s1. The van der Waals surface area contributed by atoms with Gasteiger partial charge in [0.15, 0.2) is 0 Å². The van der Waals surface area contributed by atoms with E-state index in [-0.39, 0.29) is 0 Å². The molecule has 3 heterocycles. The van der Waals surface area contributed by atoms with Crippen molar-refractivity contribution in [3.63, 3.8) is 0 Å². The summed E-state index contributed by atoms with van der Waals surface area (Å²) in [6.45, 7) is 13.2. The lowest BCUT2D eigenvalue weighted by Crippen LogP contribution is -2.44. The number of aryl methyl sites for hydroxylation is 3. The molecule has 1 aromatic heterocycles. The summed E-state index contributed by atoms with van der Waals surface area (Å²) >= 11 is 0. The molecule has 1 aromatic carbocycles. The molecule has 2 saturated heterocycles. The van der Waals surface area contributed by atoms with E-state index in [0.717, 1.165) is 24.5 Å². The van der Waals surface area contributed by atoms with Crippen LogP contribution in [0.5, 0.6) is 0 Å². The number of hydrogen-bond donors (Lipinski definition) is 0. The molecule has 26 heavy (non-hydrogen) atoms. The van der Waals surface area contributed by atoms with Crippen molar-refractivity contribution in [2.24, 2.45) is 5.41 Å². The summed E-state index contributed by atoms with van der Waals surface area (Å²) in [5.74, 6) is 0.981. The molecule has 2 aliphatic heterocycles. The SMILES string of the molecule is Cc1ccc(CN2CC[C@]3(CCCN(Cc4c(C)noc4C)C3)C2)cc1. The Labute approximate surface area is 157 Å². The third-order valence-electron chi connectivity index (χ3n) is 6.35. The number of aromatic nitrogens is 1. The van der Waals surface area contributed by atoms with Crippen LogP contribution in [0.1, 0.15) is 47.4 Å². The van der Waals surface area contributed by atoms with Crippen LogP contribution in [0.2, 0.25) is 0 Å². The number of piperidine rings is 1. The molecule has 1 atom stereocenters. The highest BCUT2D eigenvalue weighted by Crippen LogP contribution is 2.40. The Kier molecular flexibility index (Phi) is 4.89. The average molecular weight is 354 g/mol. The molecule has 0 saturated carbocycles. The molecule has 1 spiro atoms. The molecular weight excluding hydrogens is 322 g/mol. The van der Waals surface area contributed by atoms with Gasteiger partial charge in [-0.1, -0.05) is 35.0 Å². The largest absolute Gasteiger partial charge is 0.361 e. The monoisotopic (exact) mass is 353 g/mol. The first-order chi connectivity index (χ1) is 12.5. The molecule has 0 aliphatic carbocycles. The van der Waals surface area contributed by atoms with E-state index in [1.807, 2.05) is 6.92 Å². The van der Waals surface area contributed by atoms with E-state index in [0.29, 0.717) is 5.41 Å². The highest BCUT2D eigenvalue weighted by molar-refractivity contribution is 5.22. The number of rotatable bonds is 4. The number of benzene rings is 1. The Bertz CT molecular complexity index is 732. The predicted molar refractivity (Wildman–Crippen MR) is 104 cm³/mol. The minimum absolute atomic E-state index is 0.474. The lowest BCUT2D eigenvalue weighted by molar-refractivity contribution is 0.0861. The zero-order chi connectivity index (χ0) is 18.1. The molecule has 140 valence electrons. The Balaban J connectivity index is 1.38. The highest BCUT2D eigenvalue weighted by Gasteiger charge is 2.41. The van der Waals surface area contributed by atoms with Gasteiger partial charge in [-0.3, -0.25) is 9.80 Å². The van der Waals surface area contributed by atoms with Crippen LogP contribution in [-0.4, -0.2) is 41.1 Å². The average Bonchev–Trinajstić information content (AvgIpc) is 3.15. The van der Waals surface area contributed by atoms with Crippen LogP contribution in [0, 0.1) is 26.2 Å². The third kappa shape index (κ3) is 3.72. The quantitative estimate of drug-likeness (QED) is 0.829. The molecular formula is C22H31N3O. The van der Waals surface area contributed by atoms with Crippen molar-refractivity contribution >= 4 is 0 Å². The van der Waals surface area contributed by atoms with Crippen molar-refractivity contribution in [2.45, 2.75) is 53.1 Å². The van der Waals surface area contributed by atoms with Crippen LogP contribution in [0.3, 0.4) is 0 Å². The Morgan fingerprint density at radius 1 is 0.962 bits per heavy atom. The maximum absolute atomic E-state index is 5.36. The minimum atomic E-state index is 0.474. The summed E-state index contributed by atoms with van der Waals surface area (Å²) < 4.78 is 5.36. The van der Waals surface area contributed by atoms with Gasteiger partial charge in [0.1, 0.15) is 5.76 Å². The van der Waals surface area contributed by atoms with Crippen molar-refractivity contribution < 1.29 is 4.52 Å². The topological polar surface area (TPSA) is 32.5 Å². The van der Waals surface area contributed by atoms with E-state index in [9.17, 15) is 0 Å². The molecule has 4 heteroatoms. The van der Waals surface area contributed by atoms with Crippen molar-refractivity contribution in [3.8, 4) is 0 Å². The maximum Gasteiger partial charge on any atom is 0.138 e. The fourth-order valence-corrected chi connectivity index (χ4v) is 4.84. The second-order valence-corrected chi connectivity index (χ2v) is 8.56. The number of hydrogen-bond acceptors (Lipinski definition) is 4. The van der Waals surface area contributed by atoms with Gasteiger partial charge in [-0.15, -0.1) is 0 Å². The molecule has 4 rings (SSSR count). The first-order valence-electron chi connectivity index (χ1n) is 9.95. The highest BCUT2D eigenvalue weighted by atomic mass is 16.5. The van der Waals surface area contributed by atoms with Crippen LogP contribution >= 0.6 is 0 Å². The molecule has 0 bridgehead atoms. The lowest BCUT2D eigenvalue weighted by Gasteiger charge is -2.40. The van der Waals surface area contributed by atoms with E-state index in [1.54, 1.807) is 0 Å². The Morgan fingerprint density at radius 2 is 1.69 bits per heavy atom. The molecule has 0 unspecified atom stereocenters. The lowest BCUT2D eigenvalue weighted by atomic mass is 9.79. The summed E-state index contributed by atoms with van der Waals surface area (Å²) in [5.41, 5.74) is 5.60. The third-order valence-corrected chi connectivity index (χ3v) is 6.35. The summed E-state index contributed by atoms with van der Waals surface area (Å²) in [7, 11) is 0. The molecule has 0 N–H and O–H groups in total. The second kappa shape index (κ2) is 7.16. The van der Waals surface area contributed by atoms with E-state index >= 15 is 0 Å². The van der Waals surface area contributed by atoms with Crippen molar-refractivity contribution in [1.29, 1.82) is 0 Å². The van der Waals surface area contributed by atoms with E-state index in [4.69, 9.17) is 4.52 Å². The zero-order valence-corrected chi connectivity index (χ0v) is 16.4. The normalized spacial score (nSPS) is 24.6. The van der Waals surface area contributed by atoms with Gasteiger partial charge >= 0.3 is 0 Å². The molecule has 4 nitrogen and oxygen atoms in total. The summed E-state index contributed by atoms with van der Waals surface area (Å²) in [6, 6.07) is 9.02. The van der Waals surface area contributed by atoms with Gasteiger partial charge in [0.25, 0.3) is 0 Å². The van der Waals surface area contributed by atoms with Gasteiger partial charge in [0.2, 0.25) is 0 Å². The van der Waals surface area contributed by atoms with E-state index < -0.39 is 0 Å². The van der Waals surface area contributed by atoms with Crippen LogP contribution in [0.25, 0.3) is 0 Å². The number of nitrogens with zero attached hydrogens (tertiary/aromatic N) is 3. The second-order valence-electron chi connectivity index (χ2n) is 8.56. The van der Waals surface area contributed by atoms with Crippen molar-refractivity contribution in [3.05, 3.63) is 52.4 Å². The predicted octanol–water partition coefficient (Wildman–Crippen LogP) is 4.09. The van der Waals surface area contributed by atoms with E-state index in [2.05, 4.69) is 53.1 Å². The Morgan fingerprint density at radius 3 is 2.38 bits per heavy atom. The first kappa shape index (κ1) is 17.7. The summed E-state index contributed by atoms with van der Waals surface area (Å²) in [6.07, 6.45) is 4.01. The first-order valence-corrected chi connectivity index (χ1v) is 9.95. The Hall–Kier alpha value is -1.65. The van der Waals surface area contributed by atoms with Gasteiger partial charge in [-0.2, -0.15) is 0 Å². The molecule has 2 aliphatic rings. The van der Waals surface area contributed by atoms with Crippen molar-refractivity contribution in [2.75, 3.05) is 26.2 Å². The van der Waals surface area contributed by atoms with Gasteiger partial charge in [0, 0.05) is 31.7 Å². The summed E-state index contributed by atoms with van der Waals surface area (Å²) in [5, 5.41) is 4.13. The smallest absolute Gasteiger partial charge is 0.138 e. The maximum atomic E-state index is 5.36. The van der Waals surface area contributed by atoms with Crippen LogP contribution in [0.15, 0.2) is 28.8 Å². The van der Waals surface area contributed by atoms with Crippen LogP contribution < -0.4 is 0 Å². The van der Waals surface area contributed by atoms with Gasteiger partial charge in [-0.25, -0.2) is 0 Å². The van der Waals surface area contributed by atoms with Crippen LogP contribution in [0.4, 0.5) is 0 Å². The minimum Gasteiger partial charge on any atom is -0.361 e. The zero-order valence-electron chi connectivity index (χ0n) is 16.4. The molecule has 0 radical (unpaired) electrons. The fourth-order valence-electron chi connectivity index (χ4n) is 4.84. The molecule has 2 fully saturated rings. The van der Waals surface area contributed by atoms with E-state index in [1.165, 1.54) is 62.1 Å². The molecule has 2 aromatic rings. The fraction of sp³-hybridized carbons (Fsp3) is 0.591. The molecule has 0 amide bonds. The van der Waals surface area contributed by atoms with Gasteiger partial charge in [-0.05, 0) is 64.1 Å². The number of likely N-dealkylation sites (tertiary alicyclic amines) is 2. The summed E-state index contributed by atoms with van der Waals surface area (Å²) in [4.78, 5) is 5.29. The van der Waals surface area contributed by atoms with Gasteiger partial charge < -0.3 is 4.52 Å².